The van der Waals surface area contributed by atoms with E-state index in [1.807, 2.05) is 12.1 Å². The third kappa shape index (κ3) is 2.95. The van der Waals surface area contributed by atoms with Crippen molar-refractivity contribution in [2.75, 3.05) is 18.9 Å². The highest BCUT2D eigenvalue weighted by atomic mass is 32.2. The van der Waals surface area contributed by atoms with E-state index in [1.165, 1.54) is 26.4 Å². The highest BCUT2D eigenvalue weighted by Gasteiger charge is 2.17. The molecule has 0 atom stereocenters. The van der Waals surface area contributed by atoms with Crippen molar-refractivity contribution >= 4 is 26.6 Å². The molecule has 2 aromatic carbocycles. The van der Waals surface area contributed by atoms with E-state index in [2.05, 4.69) is 9.71 Å². The number of hydrogen-bond acceptors (Lipinski definition) is 4. The molecule has 7 heteroatoms. The minimum Gasteiger partial charge on any atom is -0.493 e. The van der Waals surface area contributed by atoms with Crippen molar-refractivity contribution in [2.45, 2.75) is 4.90 Å². The van der Waals surface area contributed by atoms with E-state index in [4.69, 9.17) is 9.47 Å². The quantitative estimate of drug-likeness (QED) is 0.753. The number of rotatable bonds is 5. The van der Waals surface area contributed by atoms with Gasteiger partial charge in [0.1, 0.15) is 0 Å². The fourth-order valence-corrected chi connectivity index (χ4v) is 3.38. The van der Waals surface area contributed by atoms with E-state index >= 15 is 0 Å². The number of methoxy groups -OCH3 is 2. The molecule has 0 amide bonds. The van der Waals surface area contributed by atoms with Gasteiger partial charge < -0.3 is 14.5 Å². The molecule has 0 aliphatic carbocycles. The van der Waals surface area contributed by atoms with E-state index in [9.17, 15) is 8.42 Å². The average molecular weight is 332 g/mol. The highest BCUT2D eigenvalue weighted by molar-refractivity contribution is 7.92. The number of benzene rings is 2. The van der Waals surface area contributed by atoms with Gasteiger partial charge in [-0.15, -0.1) is 0 Å². The van der Waals surface area contributed by atoms with Crippen LogP contribution in [0.1, 0.15) is 0 Å². The van der Waals surface area contributed by atoms with Crippen LogP contribution in [0.15, 0.2) is 53.6 Å². The molecule has 0 unspecified atom stereocenters. The molecule has 1 aromatic heterocycles. The van der Waals surface area contributed by atoms with Crippen LogP contribution < -0.4 is 14.2 Å². The topological polar surface area (TPSA) is 80.4 Å². The van der Waals surface area contributed by atoms with Gasteiger partial charge in [-0.05, 0) is 36.4 Å². The van der Waals surface area contributed by atoms with Crippen molar-refractivity contribution in [3.05, 3.63) is 48.7 Å². The predicted octanol–water partition coefficient (Wildman–Crippen LogP) is 2.99. The number of sulfonamides is 1. The van der Waals surface area contributed by atoms with Crippen LogP contribution in [-0.2, 0) is 10.0 Å². The van der Waals surface area contributed by atoms with E-state index in [0.717, 1.165) is 10.9 Å². The molecule has 1 heterocycles. The maximum atomic E-state index is 12.5. The van der Waals surface area contributed by atoms with Gasteiger partial charge in [-0.25, -0.2) is 8.42 Å². The molecule has 0 bridgehead atoms. The Morgan fingerprint density at radius 1 is 0.957 bits per heavy atom. The second-order valence-corrected chi connectivity index (χ2v) is 6.58. The molecule has 0 spiro atoms. The fraction of sp³-hybridized carbons (Fsp3) is 0.125. The molecule has 0 saturated heterocycles. The van der Waals surface area contributed by atoms with Gasteiger partial charge in [-0.2, -0.15) is 0 Å². The molecule has 0 aliphatic rings. The lowest BCUT2D eigenvalue weighted by Crippen LogP contribution is -2.13. The second kappa shape index (κ2) is 5.85. The molecule has 6 nitrogen and oxygen atoms in total. The van der Waals surface area contributed by atoms with E-state index in [-0.39, 0.29) is 4.90 Å². The molecule has 0 saturated carbocycles. The summed E-state index contributed by atoms with van der Waals surface area (Å²) in [6.07, 6.45) is 1.80. The van der Waals surface area contributed by atoms with Crippen LogP contribution in [0.4, 0.5) is 5.69 Å². The molecule has 0 aliphatic heterocycles. The predicted molar refractivity (Wildman–Crippen MR) is 88.7 cm³/mol. The molecular weight excluding hydrogens is 316 g/mol. The number of hydrogen-bond donors (Lipinski definition) is 2. The first-order valence-corrected chi connectivity index (χ1v) is 8.34. The Balaban J connectivity index is 1.94. The maximum Gasteiger partial charge on any atom is 0.262 e. The summed E-state index contributed by atoms with van der Waals surface area (Å²) < 4.78 is 37.9. The van der Waals surface area contributed by atoms with Gasteiger partial charge in [0.2, 0.25) is 0 Å². The van der Waals surface area contributed by atoms with Crippen molar-refractivity contribution in [1.82, 2.24) is 4.98 Å². The first kappa shape index (κ1) is 15.2. The van der Waals surface area contributed by atoms with Gasteiger partial charge in [0.25, 0.3) is 10.0 Å². The third-order valence-electron chi connectivity index (χ3n) is 3.47. The number of aromatic nitrogens is 1. The summed E-state index contributed by atoms with van der Waals surface area (Å²) in [5, 5.41) is 0.928. The number of ether oxygens (including phenoxy) is 2. The van der Waals surface area contributed by atoms with Crippen LogP contribution in [0.3, 0.4) is 0 Å². The number of fused-ring (bicyclic) bond motifs is 1. The molecule has 3 rings (SSSR count). The minimum atomic E-state index is -3.72. The lowest BCUT2D eigenvalue weighted by atomic mass is 10.2. The molecule has 2 N–H and O–H groups in total. The Morgan fingerprint density at radius 3 is 2.48 bits per heavy atom. The maximum absolute atomic E-state index is 12.5. The van der Waals surface area contributed by atoms with E-state index in [0.29, 0.717) is 17.2 Å². The van der Waals surface area contributed by atoms with Crippen molar-refractivity contribution in [2.24, 2.45) is 0 Å². The van der Waals surface area contributed by atoms with Crippen LogP contribution in [0, 0.1) is 0 Å². The molecular formula is C16H16N2O4S. The second-order valence-electron chi connectivity index (χ2n) is 4.90. The summed E-state index contributed by atoms with van der Waals surface area (Å²) in [5.74, 6) is 0.830. The first-order chi connectivity index (χ1) is 11.0. The van der Waals surface area contributed by atoms with Gasteiger partial charge in [0, 0.05) is 28.9 Å². The van der Waals surface area contributed by atoms with Crippen LogP contribution in [0.2, 0.25) is 0 Å². The SMILES string of the molecule is COc1ccc(S(=O)(=O)Nc2ccc3[nH]ccc3c2)cc1OC. The van der Waals surface area contributed by atoms with Gasteiger partial charge in [-0.1, -0.05) is 0 Å². The van der Waals surface area contributed by atoms with Crippen LogP contribution >= 0.6 is 0 Å². The van der Waals surface area contributed by atoms with E-state index in [1.54, 1.807) is 24.4 Å². The third-order valence-corrected chi connectivity index (χ3v) is 4.85. The lowest BCUT2D eigenvalue weighted by molar-refractivity contribution is 0.354. The summed E-state index contributed by atoms with van der Waals surface area (Å²) in [6.45, 7) is 0. The highest BCUT2D eigenvalue weighted by Crippen LogP contribution is 2.30. The summed E-state index contributed by atoms with van der Waals surface area (Å²) >= 11 is 0. The number of H-pyrrole nitrogens is 1. The summed E-state index contributed by atoms with van der Waals surface area (Å²) in [7, 11) is -0.762. The Morgan fingerprint density at radius 2 is 1.74 bits per heavy atom. The zero-order valence-electron chi connectivity index (χ0n) is 12.7. The van der Waals surface area contributed by atoms with Crippen LogP contribution in [0.25, 0.3) is 10.9 Å². The van der Waals surface area contributed by atoms with Crippen molar-refractivity contribution in [1.29, 1.82) is 0 Å². The zero-order valence-corrected chi connectivity index (χ0v) is 13.5. The molecule has 0 radical (unpaired) electrons. The van der Waals surface area contributed by atoms with Crippen molar-refractivity contribution in [3.63, 3.8) is 0 Å². The monoisotopic (exact) mass is 332 g/mol. The van der Waals surface area contributed by atoms with Crippen molar-refractivity contribution < 1.29 is 17.9 Å². The Hall–Kier alpha value is -2.67. The molecule has 120 valence electrons. The Labute approximate surface area is 134 Å². The average Bonchev–Trinajstić information content (AvgIpc) is 3.01. The molecule has 23 heavy (non-hydrogen) atoms. The lowest BCUT2D eigenvalue weighted by Gasteiger charge is -2.11. The summed E-state index contributed by atoms with van der Waals surface area (Å²) in [6, 6.07) is 11.6. The van der Waals surface area contributed by atoms with Crippen molar-refractivity contribution in [3.8, 4) is 11.5 Å². The van der Waals surface area contributed by atoms with Crippen LogP contribution in [-0.4, -0.2) is 27.6 Å². The van der Waals surface area contributed by atoms with E-state index < -0.39 is 10.0 Å². The first-order valence-electron chi connectivity index (χ1n) is 6.85. The number of nitrogens with one attached hydrogen (secondary N) is 2. The fourth-order valence-electron chi connectivity index (χ4n) is 2.31. The Kier molecular flexibility index (Phi) is 3.87. The normalized spacial score (nSPS) is 11.4. The van der Waals surface area contributed by atoms with Gasteiger partial charge >= 0.3 is 0 Å². The zero-order chi connectivity index (χ0) is 16.4. The number of aromatic amines is 1. The molecule has 3 aromatic rings. The minimum absolute atomic E-state index is 0.101. The van der Waals surface area contributed by atoms with Gasteiger partial charge in [0.15, 0.2) is 11.5 Å². The van der Waals surface area contributed by atoms with Gasteiger partial charge in [0.05, 0.1) is 19.1 Å². The van der Waals surface area contributed by atoms with Crippen LogP contribution in [0.5, 0.6) is 11.5 Å². The summed E-state index contributed by atoms with van der Waals surface area (Å²) in [4.78, 5) is 3.16. The largest absolute Gasteiger partial charge is 0.493 e. The Bertz CT molecular complexity index is 948. The number of anilines is 1. The summed E-state index contributed by atoms with van der Waals surface area (Å²) in [5.41, 5.74) is 1.44. The molecule has 0 fully saturated rings. The van der Waals surface area contributed by atoms with Gasteiger partial charge in [-0.3, -0.25) is 4.72 Å². The smallest absolute Gasteiger partial charge is 0.262 e. The standard InChI is InChI=1S/C16H16N2O4S/c1-21-15-6-4-13(10-16(15)22-2)23(19,20)18-12-3-5-14-11(9-12)7-8-17-14/h3-10,17-18H,1-2H3.